The van der Waals surface area contributed by atoms with E-state index in [0.717, 1.165) is 6.42 Å². The molecule has 1 aromatic carbocycles. The van der Waals surface area contributed by atoms with Crippen LogP contribution in [0.2, 0.25) is 0 Å². The highest BCUT2D eigenvalue weighted by Crippen LogP contribution is 2.36. The van der Waals surface area contributed by atoms with E-state index in [0.29, 0.717) is 18.4 Å². The van der Waals surface area contributed by atoms with Crippen molar-refractivity contribution >= 4 is 30.6 Å². The number of hydrazine groups is 1. The van der Waals surface area contributed by atoms with Crippen LogP contribution in [0.25, 0.3) is 0 Å². The average molecular weight is 521 g/mol. The SMILES string of the molecule is CC(C)(C)OC(=O)NC(CC(=O)OC(=O)C1CCCNN1)c1cc(F)cc(B2OC(C)(C)C(C)(C)O2)c1. The highest BCUT2D eigenvalue weighted by atomic mass is 19.1. The molecule has 204 valence electrons. The zero-order valence-corrected chi connectivity index (χ0v) is 22.5. The fourth-order valence-corrected chi connectivity index (χ4v) is 3.88. The molecule has 2 unspecified atom stereocenters. The highest BCUT2D eigenvalue weighted by Gasteiger charge is 2.52. The van der Waals surface area contributed by atoms with E-state index in [4.69, 9.17) is 18.8 Å². The summed E-state index contributed by atoms with van der Waals surface area (Å²) in [6.07, 6.45) is 0.0165. The van der Waals surface area contributed by atoms with Gasteiger partial charge in [0.2, 0.25) is 0 Å². The Labute approximate surface area is 217 Å². The lowest BCUT2D eigenvalue weighted by atomic mass is 9.77. The van der Waals surface area contributed by atoms with Crippen molar-refractivity contribution in [1.29, 1.82) is 0 Å². The van der Waals surface area contributed by atoms with Crippen molar-refractivity contribution in [2.75, 3.05) is 6.54 Å². The predicted octanol–water partition coefficient (Wildman–Crippen LogP) is 2.41. The minimum absolute atomic E-state index is 0.262. The lowest BCUT2D eigenvalue weighted by Crippen LogP contribution is -2.50. The van der Waals surface area contributed by atoms with Crippen molar-refractivity contribution in [2.45, 2.75) is 96.6 Å². The minimum atomic E-state index is -1.05. The number of halogens is 1. The van der Waals surface area contributed by atoms with Crippen LogP contribution in [0.15, 0.2) is 18.2 Å². The summed E-state index contributed by atoms with van der Waals surface area (Å²) >= 11 is 0. The molecule has 0 radical (unpaired) electrons. The van der Waals surface area contributed by atoms with Gasteiger partial charge in [-0.05, 0) is 84.5 Å². The third-order valence-electron chi connectivity index (χ3n) is 6.50. The molecule has 0 aromatic heterocycles. The Kier molecular flexibility index (Phi) is 8.68. The van der Waals surface area contributed by atoms with Crippen LogP contribution in [-0.2, 0) is 28.4 Å². The van der Waals surface area contributed by atoms with Gasteiger partial charge in [0.15, 0.2) is 0 Å². The van der Waals surface area contributed by atoms with Crippen LogP contribution in [0.4, 0.5) is 9.18 Å². The van der Waals surface area contributed by atoms with Gasteiger partial charge in [-0.15, -0.1) is 0 Å². The Morgan fingerprint density at radius 1 is 1.16 bits per heavy atom. The zero-order valence-electron chi connectivity index (χ0n) is 22.5. The van der Waals surface area contributed by atoms with Gasteiger partial charge in [-0.2, -0.15) is 0 Å². The Hall–Kier alpha value is -2.54. The predicted molar refractivity (Wildman–Crippen MR) is 134 cm³/mol. The number of carbonyl (C=O) groups excluding carboxylic acids is 3. The van der Waals surface area contributed by atoms with E-state index in [1.54, 1.807) is 26.8 Å². The first kappa shape index (κ1) is 29.0. The first-order valence-electron chi connectivity index (χ1n) is 12.4. The molecule has 2 atom stereocenters. The number of nitrogens with one attached hydrogen (secondary N) is 3. The summed E-state index contributed by atoms with van der Waals surface area (Å²) in [6.45, 7) is 13.3. The summed E-state index contributed by atoms with van der Waals surface area (Å²) < 4.78 is 37.2. The fraction of sp³-hybridized carbons (Fsp3) is 0.640. The van der Waals surface area contributed by atoms with E-state index in [-0.39, 0.29) is 5.56 Å². The Morgan fingerprint density at radius 2 is 1.81 bits per heavy atom. The van der Waals surface area contributed by atoms with Crippen molar-refractivity contribution in [3.63, 3.8) is 0 Å². The summed E-state index contributed by atoms with van der Waals surface area (Å²) in [6, 6.07) is 2.34. The van der Waals surface area contributed by atoms with Gasteiger partial charge >= 0.3 is 25.2 Å². The minimum Gasteiger partial charge on any atom is -0.444 e. The molecule has 2 aliphatic heterocycles. The second-order valence-corrected chi connectivity index (χ2v) is 11.4. The summed E-state index contributed by atoms with van der Waals surface area (Å²) in [5, 5.41) is 2.60. The Balaban J connectivity index is 1.83. The molecule has 1 aromatic rings. The molecule has 3 N–H and O–H groups in total. The maximum absolute atomic E-state index is 14.8. The largest absolute Gasteiger partial charge is 0.494 e. The van der Waals surface area contributed by atoms with E-state index in [1.807, 2.05) is 27.7 Å². The second kappa shape index (κ2) is 11.1. The van der Waals surface area contributed by atoms with Crippen molar-refractivity contribution < 1.29 is 37.6 Å². The van der Waals surface area contributed by atoms with Gasteiger partial charge in [0, 0.05) is 6.54 Å². The van der Waals surface area contributed by atoms with Gasteiger partial charge in [0.1, 0.15) is 17.5 Å². The van der Waals surface area contributed by atoms with E-state index in [2.05, 4.69) is 16.2 Å². The molecule has 0 bridgehead atoms. The number of ether oxygens (including phenoxy) is 2. The maximum Gasteiger partial charge on any atom is 0.494 e. The van der Waals surface area contributed by atoms with E-state index >= 15 is 0 Å². The molecule has 2 fully saturated rings. The standard InChI is InChI=1S/C25H37BFN3O7/c1-23(2,3)35-22(33)29-19(14-20(31)34-21(32)18-9-8-10-28-30-18)15-11-16(13-17(27)12-15)26-36-24(4,5)25(6,7)37-26/h11-13,18-19,28,30H,8-10,14H2,1-7H3,(H,29,33). The van der Waals surface area contributed by atoms with Crippen LogP contribution in [0.5, 0.6) is 0 Å². The maximum atomic E-state index is 14.8. The number of alkyl carbamates (subject to hydrolysis) is 1. The van der Waals surface area contributed by atoms with Gasteiger partial charge in [0.25, 0.3) is 0 Å². The van der Waals surface area contributed by atoms with E-state index < -0.39 is 66.3 Å². The molecule has 10 nitrogen and oxygen atoms in total. The Morgan fingerprint density at radius 3 is 2.38 bits per heavy atom. The topological polar surface area (TPSA) is 124 Å². The van der Waals surface area contributed by atoms with Crippen molar-refractivity contribution in [1.82, 2.24) is 16.2 Å². The fourth-order valence-electron chi connectivity index (χ4n) is 3.88. The number of carbonyl (C=O) groups is 3. The third kappa shape index (κ3) is 7.73. The van der Waals surface area contributed by atoms with Gasteiger partial charge in [-0.25, -0.2) is 19.4 Å². The molecule has 1 amide bonds. The smallest absolute Gasteiger partial charge is 0.444 e. The lowest BCUT2D eigenvalue weighted by molar-refractivity contribution is -0.162. The van der Waals surface area contributed by atoms with Crippen molar-refractivity contribution in [3.8, 4) is 0 Å². The molecule has 37 heavy (non-hydrogen) atoms. The molecular weight excluding hydrogens is 484 g/mol. The Bertz CT molecular complexity index is 1010. The number of esters is 2. The summed E-state index contributed by atoms with van der Waals surface area (Å²) in [7, 11) is -0.861. The molecule has 0 aliphatic carbocycles. The molecule has 0 saturated carbocycles. The molecular formula is C25H37BFN3O7. The first-order chi connectivity index (χ1) is 17.1. The monoisotopic (exact) mass is 521 g/mol. The normalized spacial score (nSPS) is 21.7. The van der Waals surface area contributed by atoms with Crippen LogP contribution in [0.3, 0.4) is 0 Å². The number of rotatable bonds is 6. The molecule has 2 aliphatic rings. The van der Waals surface area contributed by atoms with Gasteiger partial charge < -0.3 is 24.1 Å². The summed E-state index contributed by atoms with van der Waals surface area (Å²) in [5.41, 5.74) is 4.18. The van der Waals surface area contributed by atoms with Crippen molar-refractivity contribution in [2.24, 2.45) is 0 Å². The molecule has 0 spiro atoms. The van der Waals surface area contributed by atoms with E-state index in [1.165, 1.54) is 12.1 Å². The molecule has 2 heterocycles. The quantitative estimate of drug-likeness (QED) is 0.294. The number of hydrogen-bond donors (Lipinski definition) is 3. The van der Waals surface area contributed by atoms with Crippen LogP contribution >= 0.6 is 0 Å². The third-order valence-corrected chi connectivity index (χ3v) is 6.50. The zero-order chi connectivity index (χ0) is 27.6. The van der Waals surface area contributed by atoms with Crippen LogP contribution in [0.1, 0.15) is 79.3 Å². The first-order valence-corrected chi connectivity index (χ1v) is 12.4. The lowest BCUT2D eigenvalue weighted by Gasteiger charge is -2.32. The summed E-state index contributed by atoms with van der Waals surface area (Å²) in [5.74, 6) is -2.22. The van der Waals surface area contributed by atoms with Crippen LogP contribution < -0.4 is 21.6 Å². The molecule has 3 rings (SSSR count). The molecule has 2 saturated heterocycles. The van der Waals surface area contributed by atoms with Crippen LogP contribution in [-0.4, -0.2) is 54.5 Å². The average Bonchev–Trinajstić information content (AvgIpc) is 2.99. The number of hydrogen-bond acceptors (Lipinski definition) is 9. The second-order valence-electron chi connectivity index (χ2n) is 11.4. The van der Waals surface area contributed by atoms with Gasteiger partial charge in [-0.3, -0.25) is 10.2 Å². The van der Waals surface area contributed by atoms with Gasteiger partial charge in [0.05, 0.1) is 23.7 Å². The number of benzene rings is 1. The van der Waals surface area contributed by atoms with E-state index in [9.17, 15) is 18.8 Å². The highest BCUT2D eigenvalue weighted by molar-refractivity contribution is 6.62. The van der Waals surface area contributed by atoms with Crippen molar-refractivity contribution in [3.05, 3.63) is 29.6 Å². The summed E-state index contributed by atoms with van der Waals surface area (Å²) in [4.78, 5) is 37.7. The molecule has 12 heteroatoms. The van der Waals surface area contributed by atoms with Gasteiger partial charge in [-0.1, -0.05) is 6.07 Å². The number of amides is 1. The van der Waals surface area contributed by atoms with Crippen LogP contribution in [0, 0.1) is 5.82 Å².